The zero-order chi connectivity index (χ0) is 39.9. The maximum Gasteiger partial charge on any atom is 0.407 e. The van der Waals surface area contributed by atoms with Crippen LogP contribution in [0.1, 0.15) is 99.6 Å². The van der Waals surface area contributed by atoms with Gasteiger partial charge in [0, 0.05) is 17.9 Å². The number of benzene rings is 1. The molecule has 0 aliphatic carbocycles. The van der Waals surface area contributed by atoms with Gasteiger partial charge in [-0.25, -0.2) is 4.79 Å². The van der Waals surface area contributed by atoms with Crippen molar-refractivity contribution in [2.24, 2.45) is 16.4 Å². The predicted molar refractivity (Wildman–Crippen MR) is 198 cm³/mol. The molecule has 5 atom stereocenters. The highest BCUT2D eigenvalue weighted by Crippen LogP contribution is 2.29. The van der Waals surface area contributed by atoms with Crippen molar-refractivity contribution >= 4 is 35.5 Å². The van der Waals surface area contributed by atoms with Gasteiger partial charge in [0.25, 0.3) is 5.91 Å². The highest BCUT2D eigenvalue weighted by molar-refractivity contribution is 6.38. The number of nitrogens with one attached hydrogen (secondary N) is 4. The molecular weight excluding hydrogens is 684 g/mol. The van der Waals surface area contributed by atoms with Gasteiger partial charge in [0.15, 0.2) is 0 Å². The summed E-state index contributed by atoms with van der Waals surface area (Å²) in [7, 11) is 0. The lowest BCUT2D eigenvalue weighted by Gasteiger charge is -2.35. The van der Waals surface area contributed by atoms with E-state index >= 15 is 0 Å². The van der Waals surface area contributed by atoms with Crippen molar-refractivity contribution in [3.05, 3.63) is 46.3 Å². The molecule has 1 aromatic rings. The number of carbonyl (C=O) groups is 6. The minimum atomic E-state index is -1.24. The average Bonchev–Trinajstić information content (AvgIpc) is 3.50. The summed E-state index contributed by atoms with van der Waals surface area (Å²) in [5.41, 5.74) is 8.09. The second kappa shape index (κ2) is 20.5. The summed E-state index contributed by atoms with van der Waals surface area (Å²) in [6, 6.07) is 4.78. The SMILES string of the molecule is CCCCC(NC(=O)[C@@H]1C[C@@H](OC(C)(C)C)CN1C(=O)[C@@H](NC(=O)OCC(C)C)C(C)(C)C)C(=O)C(=O)NCC(=O)N[C@@H](CN=[N+]=[N-])c1ccccc1. The van der Waals surface area contributed by atoms with E-state index in [4.69, 9.17) is 15.0 Å². The van der Waals surface area contributed by atoms with Gasteiger partial charge in [-0.1, -0.05) is 89.8 Å². The molecule has 1 saturated heterocycles. The van der Waals surface area contributed by atoms with Crippen molar-refractivity contribution in [3.8, 4) is 0 Å². The fourth-order valence-corrected chi connectivity index (χ4v) is 5.73. The zero-order valence-corrected chi connectivity index (χ0v) is 32.6. The van der Waals surface area contributed by atoms with E-state index in [9.17, 15) is 28.8 Å². The van der Waals surface area contributed by atoms with Crippen molar-refractivity contribution in [3.63, 3.8) is 0 Å². The van der Waals surface area contributed by atoms with E-state index in [2.05, 4.69) is 31.3 Å². The van der Waals surface area contributed by atoms with Crippen molar-refractivity contribution in [1.82, 2.24) is 26.2 Å². The van der Waals surface area contributed by atoms with E-state index < -0.39 is 83.3 Å². The molecule has 1 fully saturated rings. The maximum atomic E-state index is 14.2. The maximum absolute atomic E-state index is 14.2. The lowest BCUT2D eigenvalue weighted by Crippen LogP contribution is -2.59. The number of amides is 5. The number of carbonyl (C=O) groups excluding carboxylic acids is 6. The van der Waals surface area contributed by atoms with Crippen LogP contribution in [0.4, 0.5) is 4.79 Å². The van der Waals surface area contributed by atoms with Gasteiger partial charge in [-0.15, -0.1) is 0 Å². The molecule has 16 nitrogen and oxygen atoms in total. The summed E-state index contributed by atoms with van der Waals surface area (Å²) in [5.74, 6) is -3.74. The molecule has 294 valence electrons. The Morgan fingerprint density at radius 1 is 1.00 bits per heavy atom. The molecule has 5 amide bonds. The van der Waals surface area contributed by atoms with Crippen LogP contribution in [0.15, 0.2) is 35.4 Å². The molecular formula is C37H58N8O8. The Morgan fingerprint density at radius 2 is 1.66 bits per heavy atom. The third-order valence-electron chi connectivity index (χ3n) is 8.27. The van der Waals surface area contributed by atoms with Crippen LogP contribution >= 0.6 is 0 Å². The van der Waals surface area contributed by atoms with E-state index in [1.165, 1.54) is 4.90 Å². The van der Waals surface area contributed by atoms with Crippen LogP contribution in [0, 0.1) is 11.3 Å². The minimum absolute atomic E-state index is 0.0519. The van der Waals surface area contributed by atoms with Gasteiger partial charge in [0.2, 0.25) is 23.5 Å². The Morgan fingerprint density at radius 3 is 2.23 bits per heavy atom. The van der Waals surface area contributed by atoms with Crippen LogP contribution < -0.4 is 21.3 Å². The molecule has 0 saturated carbocycles. The van der Waals surface area contributed by atoms with E-state index in [0.717, 1.165) is 0 Å². The summed E-state index contributed by atoms with van der Waals surface area (Å²) in [5, 5.41) is 14.0. The van der Waals surface area contributed by atoms with Crippen molar-refractivity contribution in [2.45, 2.75) is 124 Å². The molecule has 1 aromatic carbocycles. The quantitative estimate of drug-likeness (QED) is 0.0741. The van der Waals surface area contributed by atoms with Gasteiger partial charge in [0.1, 0.15) is 12.1 Å². The number of Topliss-reactive ketones (excluding diaryl/α,β-unsaturated/α-hetero) is 1. The van der Waals surface area contributed by atoms with Crippen LogP contribution in [0.3, 0.4) is 0 Å². The first kappa shape index (κ1) is 44.5. The Labute approximate surface area is 312 Å². The van der Waals surface area contributed by atoms with Gasteiger partial charge < -0.3 is 35.6 Å². The van der Waals surface area contributed by atoms with Crippen LogP contribution in [0.5, 0.6) is 0 Å². The summed E-state index contributed by atoms with van der Waals surface area (Å²) in [6.45, 7) is 16.2. The number of likely N-dealkylation sites (tertiary alicyclic amines) is 1. The summed E-state index contributed by atoms with van der Waals surface area (Å²) < 4.78 is 11.5. The van der Waals surface area contributed by atoms with Gasteiger partial charge in [-0.3, -0.25) is 24.0 Å². The third kappa shape index (κ3) is 15.1. The number of nitrogens with zero attached hydrogens (tertiary/aromatic N) is 4. The van der Waals surface area contributed by atoms with Gasteiger partial charge in [-0.2, -0.15) is 0 Å². The number of alkyl carbamates (subject to hydrolysis) is 1. The monoisotopic (exact) mass is 742 g/mol. The fourth-order valence-electron chi connectivity index (χ4n) is 5.73. The van der Waals surface area contributed by atoms with Crippen molar-refractivity contribution in [1.29, 1.82) is 0 Å². The summed E-state index contributed by atoms with van der Waals surface area (Å²) in [6.07, 6.45) is 0.124. The molecule has 53 heavy (non-hydrogen) atoms. The Hall–Kier alpha value is -4.69. The molecule has 2 rings (SSSR count). The number of ketones is 1. The molecule has 16 heteroatoms. The lowest BCUT2D eigenvalue weighted by molar-refractivity contribution is -0.144. The second-order valence-corrected chi connectivity index (χ2v) is 15.7. The largest absolute Gasteiger partial charge is 0.449 e. The molecule has 0 aromatic heterocycles. The summed E-state index contributed by atoms with van der Waals surface area (Å²) in [4.78, 5) is 84.3. The third-order valence-corrected chi connectivity index (χ3v) is 8.27. The molecule has 4 N–H and O–H groups in total. The zero-order valence-electron chi connectivity index (χ0n) is 32.6. The highest BCUT2D eigenvalue weighted by Gasteiger charge is 2.47. The average molecular weight is 743 g/mol. The standard InChI is InChI=1S/C37H58N8O8/c1-10-11-17-26(30(47)33(49)39-20-29(46)41-27(19-40-44-38)24-15-13-12-14-16-24)42-32(48)28-18-25(53-37(7,8)9)21-45(28)34(50)31(36(4,5)6)43-35(51)52-22-23(2)3/h12-16,23,25-28,31H,10-11,17-22H2,1-9H3,(H,39,49)(H,41,46)(H,42,48)(H,43,51)/t25-,26?,27+,28+,31-/m1/s1. The van der Waals surface area contributed by atoms with E-state index in [1.807, 2.05) is 41.5 Å². The molecule has 0 radical (unpaired) electrons. The van der Waals surface area contributed by atoms with Gasteiger partial charge in [0.05, 0.1) is 43.5 Å². The number of azide groups is 1. The second-order valence-electron chi connectivity index (χ2n) is 15.7. The Bertz CT molecular complexity index is 1470. The molecule has 1 heterocycles. The lowest BCUT2D eigenvalue weighted by atomic mass is 9.85. The molecule has 1 aliphatic rings. The van der Waals surface area contributed by atoms with Crippen LogP contribution in [-0.2, 0) is 33.4 Å². The van der Waals surface area contributed by atoms with Crippen molar-refractivity contribution in [2.75, 3.05) is 26.2 Å². The first-order valence-electron chi connectivity index (χ1n) is 18.2. The van der Waals surface area contributed by atoms with E-state index in [1.54, 1.807) is 51.1 Å². The normalized spacial score (nSPS) is 17.5. The highest BCUT2D eigenvalue weighted by atomic mass is 16.5. The van der Waals surface area contributed by atoms with Crippen LogP contribution in [0.25, 0.3) is 10.4 Å². The molecule has 0 bridgehead atoms. The number of hydrogen-bond donors (Lipinski definition) is 4. The van der Waals surface area contributed by atoms with E-state index in [0.29, 0.717) is 18.4 Å². The molecule has 0 spiro atoms. The predicted octanol–water partition coefficient (Wildman–Crippen LogP) is 4.10. The van der Waals surface area contributed by atoms with Gasteiger partial charge >= 0.3 is 6.09 Å². The van der Waals surface area contributed by atoms with Crippen molar-refractivity contribution < 1.29 is 38.2 Å². The molecule has 1 unspecified atom stereocenters. The fraction of sp³-hybridized carbons (Fsp3) is 0.676. The smallest absolute Gasteiger partial charge is 0.407 e. The van der Waals surface area contributed by atoms with E-state index in [-0.39, 0.29) is 38.5 Å². The topological polar surface area (TPSA) is 221 Å². The Kier molecular flexibility index (Phi) is 17.2. The number of unbranched alkanes of at least 4 members (excludes halogenated alkanes) is 1. The molecule has 1 aliphatic heterocycles. The minimum Gasteiger partial charge on any atom is -0.449 e. The number of ether oxygens (including phenoxy) is 2. The van der Waals surface area contributed by atoms with Gasteiger partial charge in [-0.05, 0) is 49.6 Å². The first-order valence-corrected chi connectivity index (χ1v) is 18.2. The van der Waals surface area contributed by atoms with Crippen LogP contribution in [0.2, 0.25) is 0 Å². The first-order chi connectivity index (χ1) is 24.8. The number of hydrogen-bond acceptors (Lipinski definition) is 9. The van der Waals surface area contributed by atoms with Crippen LogP contribution in [-0.4, -0.2) is 96.5 Å². The number of rotatable bonds is 18. The summed E-state index contributed by atoms with van der Waals surface area (Å²) >= 11 is 0. The Balaban J connectivity index is 2.25.